The average Bonchev–Trinajstić information content (AvgIpc) is 3.29. The van der Waals surface area contributed by atoms with Crippen molar-refractivity contribution in [2.45, 2.75) is 23.8 Å². The third kappa shape index (κ3) is 2.96. The molecule has 0 aliphatic carbocycles. The van der Waals surface area contributed by atoms with E-state index in [1.807, 2.05) is 0 Å². The summed E-state index contributed by atoms with van der Waals surface area (Å²) in [4.78, 5) is 24.9. The van der Waals surface area contributed by atoms with E-state index in [0.29, 0.717) is 24.2 Å². The van der Waals surface area contributed by atoms with E-state index < -0.39 is 21.7 Å². The molecule has 6 nitrogen and oxygen atoms in total. The minimum atomic E-state index is -3.72. The summed E-state index contributed by atoms with van der Waals surface area (Å²) in [6.45, 7) is 3.87. The van der Waals surface area contributed by atoms with Crippen LogP contribution >= 0.6 is 11.3 Å². The molecular weight excluding hydrogens is 362 g/mol. The van der Waals surface area contributed by atoms with Gasteiger partial charge in [-0.3, -0.25) is 9.59 Å². The number of nitrogens with zero attached hydrogens (tertiary/aromatic N) is 1. The van der Waals surface area contributed by atoms with Gasteiger partial charge >= 0.3 is 5.97 Å². The predicted molar refractivity (Wildman–Crippen MR) is 93.8 cm³/mol. The lowest BCUT2D eigenvalue weighted by molar-refractivity contribution is -0.142. The molecule has 2 aromatic heterocycles. The van der Waals surface area contributed by atoms with Gasteiger partial charge in [-0.2, -0.15) is 11.3 Å². The number of carbonyl (C=O) groups is 2. The van der Waals surface area contributed by atoms with Gasteiger partial charge in [-0.15, -0.1) is 6.58 Å². The summed E-state index contributed by atoms with van der Waals surface area (Å²) in [6.07, 6.45) is 1.77. The maximum absolute atomic E-state index is 12.9. The molecule has 25 heavy (non-hydrogen) atoms. The van der Waals surface area contributed by atoms with Crippen molar-refractivity contribution in [2.24, 2.45) is 0 Å². The van der Waals surface area contributed by atoms with Crippen LogP contribution in [-0.2, 0) is 25.9 Å². The quantitative estimate of drug-likeness (QED) is 0.437. The number of rotatable bonds is 6. The molecule has 132 valence electrons. The van der Waals surface area contributed by atoms with Crippen molar-refractivity contribution < 1.29 is 22.7 Å². The molecule has 1 aliphatic rings. The van der Waals surface area contributed by atoms with Crippen molar-refractivity contribution in [3.63, 3.8) is 0 Å². The van der Waals surface area contributed by atoms with Crippen LogP contribution in [0, 0.1) is 0 Å². The van der Waals surface area contributed by atoms with Crippen LogP contribution in [0.4, 0.5) is 0 Å². The Morgan fingerprint density at radius 3 is 2.84 bits per heavy atom. The molecule has 1 unspecified atom stereocenters. The third-order valence-corrected chi connectivity index (χ3v) is 6.59. The zero-order chi connectivity index (χ0) is 18.2. The predicted octanol–water partition coefficient (Wildman–Crippen LogP) is 2.40. The highest BCUT2D eigenvalue weighted by Crippen LogP contribution is 2.36. The van der Waals surface area contributed by atoms with Crippen LogP contribution < -0.4 is 0 Å². The summed E-state index contributed by atoms with van der Waals surface area (Å²) >= 11 is 1.36. The number of methoxy groups -OCH3 is 1. The fourth-order valence-electron chi connectivity index (χ4n) is 3.11. The molecule has 0 amide bonds. The standard InChI is InChI=1S/C17H17NO5S2/c1-3-8-25(21,22)14-9-13-12(17(20)23-2)4-6-18(13)15(14)16(19)11-5-7-24-10-11/h3,5,7,9-10,12H,1,4,6,8H2,2H3. The lowest BCUT2D eigenvalue weighted by Crippen LogP contribution is -2.14. The SMILES string of the molecule is C=CCS(=O)(=O)c1cc2n(c1C(=O)c1ccsc1)CCC2C(=O)OC. The van der Waals surface area contributed by atoms with E-state index in [1.54, 1.807) is 21.4 Å². The Hall–Kier alpha value is -2.19. The van der Waals surface area contributed by atoms with Crippen LogP contribution in [0.1, 0.15) is 34.1 Å². The summed E-state index contributed by atoms with van der Waals surface area (Å²) in [7, 11) is -2.43. The minimum Gasteiger partial charge on any atom is -0.469 e. The van der Waals surface area contributed by atoms with Crippen molar-refractivity contribution >= 4 is 32.9 Å². The van der Waals surface area contributed by atoms with Crippen LogP contribution in [0.5, 0.6) is 0 Å². The van der Waals surface area contributed by atoms with Crippen LogP contribution in [0.15, 0.2) is 40.4 Å². The number of hydrogen-bond donors (Lipinski definition) is 0. The first-order valence-corrected chi connectivity index (χ1v) is 10.2. The van der Waals surface area contributed by atoms with Crippen molar-refractivity contribution in [3.05, 3.63) is 52.5 Å². The van der Waals surface area contributed by atoms with Crippen molar-refractivity contribution in [2.75, 3.05) is 12.9 Å². The van der Waals surface area contributed by atoms with Gasteiger partial charge in [-0.1, -0.05) is 6.08 Å². The third-order valence-electron chi connectivity index (χ3n) is 4.25. The fourth-order valence-corrected chi connectivity index (χ4v) is 5.03. The number of carbonyl (C=O) groups excluding carboxylic acids is 2. The molecule has 0 radical (unpaired) electrons. The molecule has 0 fully saturated rings. The van der Waals surface area contributed by atoms with Crippen molar-refractivity contribution in [1.82, 2.24) is 4.57 Å². The molecule has 1 aliphatic heterocycles. The molecule has 3 rings (SSSR count). The van der Waals surface area contributed by atoms with Gasteiger partial charge in [0.05, 0.1) is 23.7 Å². The van der Waals surface area contributed by atoms with Crippen molar-refractivity contribution in [3.8, 4) is 0 Å². The number of thiophene rings is 1. The van der Waals surface area contributed by atoms with Gasteiger partial charge in [-0.05, 0) is 23.9 Å². The summed E-state index contributed by atoms with van der Waals surface area (Å²) < 4.78 is 31.7. The van der Waals surface area contributed by atoms with E-state index in [1.165, 1.54) is 30.6 Å². The Bertz CT molecular complexity index is 938. The number of ketones is 1. The smallest absolute Gasteiger partial charge is 0.314 e. The Morgan fingerprint density at radius 1 is 1.48 bits per heavy atom. The summed E-state index contributed by atoms with van der Waals surface area (Å²) in [5, 5.41) is 3.44. The Labute approximate surface area is 149 Å². The maximum atomic E-state index is 12.9. The fraction of sp³-hybridized carbons (Fsp3) is 0.294. The second-order valence-corrected chi connectivity index (χ2v) is 8.49. The van der Waals surface area contributed by atoms with Crippen LogP contribution in [-0.4, -0.2) is 37.6 Å². The van der Waals surface area contributed by atoms with E-state index in [-0.39, 0.29) is 22.1 Å². The van der Waals surface area contributed by atoms with Gasteiger partial charge in [0.15, 0.2) is 9.84 Å². The van der Waals surface area contributed by atoms with E-state index >= 15 is 0 Å². The molecule has 0 aromatic carbocycles. The number of hydrogen-bond acceptors (Lipinski definition) is 6. The van der Waals surface area contributed by atoms with Gasteiger partial charge < -0.3 is 9.30 Å². The topological polar surface area (TPSA) is 82.4 Å². The first kappa shape index (κ1) is 17.6. The number of esters is 1. The molecule has 2 aromatic rings. The van der Waals surface area contributed by atoms with Crippen molar-refractivity contribution in [1.29, 1.82) is 0 Å². The zero-order valence-corrected chi connectivity index (χ0v) is 15.2. The number of sulfone groups is 1. The number of aromatic nitrogens is 1. The normalized spacial score (nSPS) is 16.4. The van der Waals surface area contributed by atoms with Gasteiger partial charge in [0.1, 0.15) is 5.69 Å². The molecule has 1 atom stereocenters. The van der Waals surface area contributed by atoms with Gasteiger partial charge in [0, 0.05) is 23.2 Å². The Kier molecular flexibility index (Phi) is 4.66. The maximum Gasteiger partial charge on any atom is 0.314 e. The van der Waals surface area contributed by atoms with E-state index in [9.17, 15) is 18.0 Å². The second kappa shape index (κ2) is 6.61. The molecule has 0 saturated carbocycles. The highest BCUT2D eigenvalue weighted by Gasteiger charge is 2.37. The average molecular weight is 379 g/mol. The largest absolute Gasteiger partial charge is 0.469 e. The van der Waals surface area contributed by atoms with Gasteiger partial charge in [0.25, 0.3) is 0 Å². The first-order chi connectivity index (χ1) is 11.9. The molecule has 0 N–H and O–H groups in total. The Morgan fingerprint density at radius 2 is 2.24 bits per heavy atom. The summed E-state index contributed by atoms with van der Waals surface area (Å²) in [5.74, 6) is -1.63. The molecule has 0 spiro atoms. The van der Waals surface area contributed by atoms with E-state index in [0.717, 1.165) is 0 Å². The minimum absolute atomic E-state index is 0.0489. The number of ether oxygens (including phenoxy) is 1. The zero-order valence-electron chi connectivity index (χ0n) is 13.6. The van der Waals surface area contributed by atoms with Gasteiger partial charge in [0.2, 0.25) is 5.78 Å². The van der Waals surface area contributed by atoms with E-state index in [4.69, 9.17) is 4.74 Å². The molecular formula is C17H17NO5S2. The number of fused-ring (bicyclic) bond motifs is 1. The molecule has 0 bridgehead atoms. The van der Waals surface area contributed by atoms with Crippen LogP contribution in [0.3, 0.4) is 0 Å². The monoisotopic (exact) mass is 379 g/mol. The Balaban J connectivity index is 2.20. The molecule has 8 heteroatoms. The highest BCUT2D eigenvalue weighted by molar-refractivity contribution is 7.91. The van der Waals surface area contributed by atoms with Gasteiger partial charge in [-0.25, -0.2) is 8.42 Å². The van der Waals surface area contributed by atoms with Crippen LogP contribution in [0.2, 0.25) is 0 Å². The molecule has 0 saturated heterocycles. The van der Waals surface area contributed by atoms with Crippen LogP contribution in [0.25, 0.3) is 0 Å². The lowest BCUT2D eigenvalue weighted by atomic mass is 10.1. The second-order valence-electron chi connectivity index (χ2n) is 5.71. The first-order valence-electron chi connectivity index (χ1n) is 7.62. The summed E-state index contributed by atoms with van der Waals surface area (Å²) in [5.41, 5.74) is 1.05. The highest BCUT2D eigenvalue weighted by atomic mass is 32.2. The van der Waals surface area contributed by atoms with E-state index in [2.05, 4.69) is 6.58 Å². The lowest BCUT2D eigenvalue weighted by Gasteiger charge is -2.08. The summed E-state index contributed by atoms with van der Waals surface area (Å²) in [6, 6.07) is 3.09. The molecule has 3 heterocycles.